The molecule has 0 bridgehead atoms. The van der Waals surface area contributed by atoms with Gasteiger partial charge in [0.05, 0.1) is 11.9 Å². The Hall–Kier alpha value is -1.69. The topological polar surface area (TPSA) is 30.7 Å². The molecule has 0 radical (unpaired) electrons. The van der Waals surface area contributed by atoms with Crippen molar-refractivity contribution >= 4 is 22.6 Å². The molecule has 0 aliphatic carbocycles. The molecule has 0 aliphatic heterocycles. The van der Waals surface area contributed by atoms with Crippen LogP contribution in [-0.4, -0.2) is 15.0 Å². The molecule has 0 spiro atoms. The number of aryl methyl sites for hydroxylation is 1. The minimum Gasteiger partial charge on any atom is -0.220 e. The monoisotopic (exact) mass is 361 g/mol. The normalized spacial score (nSPS) is 10.6. The van der Waals surface area contributed by atoms with E-state index in [1.165, 1.54) is 9.13 Å². The second kappa shape index (κ2) is 5.13. The first-order chi connectivity index (χ1) is 9.22. The summed E-state index contributed by atoms with van der Waals surface area (Å²) < 4.78 is 3.01. The van der Waals surface area contributed by atoms with Gasteiger partial charge in [-0.1, -0.05) is 35.0 Å². The van der Waals surface area contributed by atoms with Crippen LogP contribution in [0.25, 0.3) is 16.9 Å². The molecule has 1 heterocycles. The quantitative estimate of drug-likeness (QED) is 0.650. The number of hydrogen-bond donors (Lipinski definition) is 0. The largest absolute Gasteiger partial charge is 0.220 e. The van der Waals surface area contributed by atoms with Crippen molar-refractivity contribution in [3.8, 4) is 16.9 Å². The predicted octanol–water partition coefficient (Wildman–Crippen LogP) is 3.85. The summed E-state index contributed by atoms with van der Waals surface area (Å²) in [5.41, 5.74) is 4.24. The van der Waals surface area contributed by atoms with E-state index in [-0.39, 0.29) is 0 Å². The lowest BCUT2D eigenvalue weighted by atomic mass is 10.1. The SMILES string of the molecule is Cc1ccc(-c2cn(-c3ccc(I)cc3)nn2)cc1. The van der Waals surface area contributed by atoms with E-state index < -0.39 is 0 Å². The van der Waals surface area contributed by atoms with E-state index in [1.807, 2.05) is 18.3 Å². The molecule has 19 heavy (non-hydrogen) atoms. The highest BCUT2D eigenvalue weighted by atomic mass is 127. The van der Waals surface area contributed by atoms with Gasteiger partial charge in [-0.15, -0.1) is 5.10 Å². The lowest BCUT2D eigenvalue weighted by Gasteiger charge is -1.99. The van der Waals surface area contributed by atoms with Crippen LogP contribution in [0.5, 0.6) is 0 Å². The third kappa shape index (κ3) is 2.68. The zero-order valence-corrected chi connectivity index (χ0v) is 12.6. The van der Waals surface area contributed by atoms with Crippen molar-refractivity contribution in [2.75, 3.05) is 0 Å². The van der Waals surface area contributed by atoms with Gasteiger partial charge in [-0.2, -0.15) is 0 Å². The van der Waals surface area contributed by atoms with Crippen molar-refractivity contribution in [3.63, 3.8) is 0 Å². The molecule has 0 fully saturated rings. The Labute approximate surface area is 125 Å². The smallest absolute Gasteiger partial charge is 0.113 e. The van der Waals surface area contributed by atoms with Gasteiger partial charge in [-0.05, 0) is 53.8 Å². The Kier molecular flexibility index (Phi) is 3.33. The highest BCUT2D eigenvalue weighted by Gasteiger charge is 2.04. The van der Waals surface area contributed by atoms with Crippen molar-refractivity contribution in [3.05, 3.63) is 63.9 Å². The Morgan fingerprint density at radius 3 is 2.32 bits per heavy atom. The van der Waals surface area contributed by atoms with E-state index in [0.29, 0.717) is 0 Å². The summed E-state index contributed by atoms with van der Waals surface area (Å²) >= 11 is 2.29. The van der Waals surface area contributed by atoms with Crippen LogP contribution < -0.4 is 0 Å². The predicted molar refractivity (Wildman–Crippen MR) is 84.2 cm³/mol. The molecule has 4 heteroatoms. The first-order valence-corrected chi connectivity index (χ1v) is 7.05. The summed E-state index contributed by atoms with van der Waals surface area (Å²) in [7, 11) is 0. The van der Waals surface area contributed by atoms with E-state index in [1.54, 1.807) is 4.68 Å². The fourth-order valence-corrected chi connectivity index (χ4v) is 2.20. The van der Waals surface area contributed by atoms with E-state index in [4.69, 9.17) is 0 Å². The highest BCUT2D eigenvalue weighted by molar-refractivity contribution is 14.1. The molecular weight excluding hydrogens is 349 g/mol. The average Bonchev–Trinajstić information content (AvgIpc) is 2.90. The Morgan fingerprint density at radius 2 is 1.63 bits per heavy atom. The number of aromatic nitrogens is 3. The van der Waals surface area contributed by atoms with Crippen molar-refractivity contribution < 1.29 is 0 Å². The summed E-state index contributed by atoms with van der Waals surface area (Å²) in [6.45, 7) is 2.08. The lowest BCUT2D eigenvalue weighted by molar-refractivity contribution is 0.803. The van der Waals surface area contributed by atoms with Crippen LogP contribution in [0.15, 0.2) is 54.7 Å². The van der Waals surface area contributed by atoms with Gasteiger partial charge in [0.2, 0.25) is 0 Å². The van der Waals surface area contributed by atoms with Gasteiger partial charge in [0.15, 0.2) is 0 Å². The van der Waals surface area contributed by atoms with Crippen molar-refractivity contribution in [1.82, 2.24) is 15.0 Å². The molecule has 94 valence electrons. The minimum absolute atomic E-state index is 0.888. The molecule has 0 aliphatic rings. The summed E-state index contributed by atoms with van der Waals surface area (Å²) in [6, 6.07) is 16.5. The van der Waals surface area contributed by atoms with E-state index in [0.717, 1.165) is 16.9 Å². The molecule has 0 saturated carbocycles. The van der Waals surface area contributed by atoms with E-state index in [9.17, 15) is 0 Å². The third-order valence-corrected chi connectivity index (χ3v) is 3.65. The molecule has 0 unspecified atom stereocenters. The van der Waals surface area contributed by atoms with Crippen LogP contribution in [0, 0.1) is 10.5 Å². The summed E-state index contributed by atoms with van der Waals surface area (Å²) in [4.78, 5) is 0. The molecular formula is C15H12IN3. The minimum atomic E-state index is 0.888. The number of benzene rings is 2. The standard InChI is InChI=1S/C15H12IN3/c1-11-2-4-12(5-3-11)15-10-19(18-17-15)14-8-6-13(16)7-9-14/h2-10H,1H3. The third-order valence-electron chi connectivity index (χ3n) is 2.93. The van der Waals surface area contributed by atoms with Gasteiger partial charge in [0.1, 0.15) is 5.69 Å². The van der Waals surface area contributed by atoms with Gasteiger partial charge < -0.3 is 0 Å². The molecule has 0 N–H and O–H groups in total. The average molecular weight is 361 g/mol. The Bertz CT molecular complexity index is 624. The highest BCUT2D eigenvalue weighted by Crippen LogP contribution is 2.18. The van der Waals surface area contributed by atoms with Crippen LogP contribution in [0.1, 0.15) is 5.56 Å². The lowest BCUT2D eigenvalue weighted by Crippen LogP contribution is -1.94. The summed E-state index contributed by atoms with van der Waals surface area (Å²) in [5, 5.41) is 8.41. The fourth-order valence-electron chi connectivity index (χ4n) is 1.84. The number of halogens is 1. The first kappa shape index (κ1) is 12.3. The zero-order valence-electron chi connectivity index (χ0n) is 10.4. The Balaban J connectivity index is 1.95. The van der Waals surface area contributed by atoms with Gasteiger partial charge in [-0.3, -0.25) is 0 Å². The molecule has 3 rings (SSSR count). The van der Waals surface area contributed by atoms with Crippen LogP contribution in [0.4, 0.5) is 0 Å². The molecule has 0 saturated heterocycles. The van der Waals surface area contributed by atoms with Gasteiger partial charge >= 0.3 is 0 Å². The molecule has 1 aromatic heterocycles. The number of nitrogens with zero attached hydrogens (tertiary/aromatic N) is 3. The molecule has 0 amide bonds. The molecule has 2 aromatic carbocycles. The van der Waals surface area contributed by atoms with Crippen LogP contribution in [0.3, 0.4) is 0 Å². The van der Waals surface area contributed by atoms with Gasteiger partial charge in [0.25, 0.3) is 0 Å². The Morgan fingerprint density at radius 1 is 0.947 bits per heavy atom. The van der Waals surface area contributed by atoms with E-state index >= 15 is 0 Å². The first-order valence-electron chi connectivity index (χ1n) is 5.98. The number of rotatable bonds is 2. The molecule has 0 atom stereocenters. The van der Waals surface area contributed by atoms with Crippen molar-refractivity contribution in [2.45, 2.75) is 6.92 Å². The molecule has 3 aromatic rings. The number of hydrogen-bond acceptors (Lipinski definition) is 2. The second-order valence-electron chi connectivity index (χ2n) is 4.39. The van der Waals surface area contributed by atoms with Crippen LogP contribution >= 0.6 is 22.6 Å². The van der Waals surface area contributed by atoms with Crippen molar-refractivity contribution in [1.29, 1.82) is 0 Å². The summed E-state index contributed by atoms with van der Waals surface area (Å²) in [5.74, 6) is 0. The maximum absolute atomic E-state index is 4.23. The van der Waals surface area contributed by atoms with Crippen LogP contribution in [0.2, 0.25) is 0 Å². The van der Waals surface area contributed by atoms with Crippen molar-refractivity contribution in [2.24, 2.45) is 0 Å². The zero-order chi connectivity index (χ0) is 13.2. The maximum Gasteiger partial charge on any atom is 0.113 e. The van der Waals surface area contributed by atoms with Gasteiger partial charge in [-0.25, -0.2) is 4.68 Å². The van der Waals surface area contributed by atoms with Gasteiger partial charge in [0, 0.05) is 9.13 Å². The molecule has 3 nitrogen and oxygen atoms in total. The van der Waals surface area contributed by atoms with Crippen LogP contribution in [-0.2, 0) is 0 Å². The summed E-state index contributed by atoms with van der Waals surface area (Å²) in [6.07, 6.45) is 1.95. The van der Waals surface area contributed by atoms with E-state index in [2.05, 4.69) is 76.2 Å². The fraction of sp³-hybridized carbons (Fsp3) is 0.0667. The second-order valence-corrected chi connectivity index (χ2v) is 5.64. The maximum atomic E-state index is 4.23.